The van der Waals surface area contributed by atoms with Crippen LogP contribution in [-0.2, 0) is 6.42 Å². The van der Waals surface area contributed by atoms with Gasteiger partial charge in [-0.05, 0) is 50.2 Å². The first-order valence-corrected chi connectivity index (χ1v) is 7.15. The number of hydrogen-bond donors (Lipinski definition) is 2. The molecular formula is C17H21N3O. The fourth-order valence-electron chi connectivity index (χ4n) is 2.21. The van der Waals surface area contributed by atoms with E-state index in [0.717, 1.165) is 29.7 Å². The van der Waals surface area contributed by atoms with Gasteiger partial charge < -0.3 is 10.6 Å². The van der Waals surface area contributed by atoms with E-state index in [-0.39, 0.29) is 11.9 Å². The Hall–Kier alpha value is -2.20. The van der Waals surface area contributed by atoms with Gasteiger partial charge >= 0.3 is 0 Å². The lowest BCUT2D eigenvalue weighted by Crippen LogP contribution is -2.28. The number of likely N-dealkylation sites (N-methyl/N-ethyl adjacent to an activating group) is 1. The van der Waals surface area contributed by atoms with Gasteiger partial charge in [0.25, 0.3) is 5.91 Å². The number of pyridine rings is 1. The lowest BCUT2D eigenvalue weighted by atomic mass is 10.0. The molecule has 0 radical (unpaired) electrons. The van der Waals surface area contributed by atoms with Crippen molar-refractivity contribution in [3.63, 3.8) is 0 Å². The molecule has 21 heavy (non-hydrogen) atoms. The Kier molecular flexibility index (Phi) is 5.46. The van der Waals surface area contributed by atoms with Gasteiger partial charge in [0.05, 0.1) is 6.04 Å². The van der Waals surface area contributed by atoms with Gasteiger partial charge in [0.2, 0.25) is 0 Å². The van der Waals surface area contributed by atoms with Crippen LogP contribution < -0.4 is 10.6 Å². The monoisotopic (exact) mass is 283 g/mol. The lowest BCUT2D eigenvalue weighted by Gasteiger charge is -2.15. The number of amides is 1. The fraction of sp³-hybridized carbons (Fsp3) is 0.294. The van der Waals surface area contributed by atoms with Gasteiger partial charge in [-0.15, -0.1) is 0 Å². The third-order valence-electron chi connectivity index (χ3n) is 3.44. The average molecular weight is 283 g/mol. The van der Waals surface area contributed by atoms with Crippen molar-refractivity contribution in [1.29, 1.82) is 0 Å². The van der Waals surface area contributed by atoms with Gasteiger partial charge in [0.1, 0.15) is 0 Å². The Balaban J connectivity index is 2.10. The van der Waals surface area contributed by atoms with Gasteiger partial charge in [0.15, 0.2) is 0 Å². The van der Waals surface area contributed by atoms with E-state index in [1.807, 2.05) is 50.4 Å². The standard InChI is InChI=1S/C17H21N3O/c1-13(15-7-5-10-19-12-15)20-17(21)16-8-4-3-6-14(16)9-11-18-2/h3-8,10,12-13,18H,9,11H2,1-2H3,(H,20,21)/t13-/m1/s1. The highest BCUT2D eigenvalue weighted by Crippen LogP contribution is 2.14. The molecule has 0 unspecified atom stereocenters. The van der Waals surface area contributed by atoms with Crippen molar-refractivity contribution in [2.75, 3.05) is 13.6 Å². The van der Waals surface area contributed by atoms with Crippen molar-refractivity contribution in [3.8, 4) is 0 Å². The summed E-state index contributed by atoms with van der Waals surface area (Å²) in [5.74, 6) is -0.0435. The van der Waals surface area contributed by atoms with Crippen LogP contribution in [0.3, 0.4) is 0 Å². The SMILES string of the molecule is CNCCc1ccccc1C(=O)N[C@H](C)c1cccnc1. The fourth-order valence-corrected chi connectivity index (χ4v) is 2.21. The van der Waals surface area contributed by atoms with E-state index in [1.54, 1.807) is 12.4 Å². The van der Waals surface area contributed by atoms with Crippen LogP contribution in [0.4, 0.5) is 0 Å². The number of rotatable bonds is 6. The average Bonchev–Trinajstić information content (AvgIpc) is 2.54. The smallest absolute Gasteiger partial charge is 0.252 e. The zero-order chi connectivity index (χ0) is 15.1. The third-order valence-corrected chi connectivity index (χ3v) is 3.44. The Labute approximate surface area is 125 Å². The Morgan fingerprint density at radius 2 is 2.05 bits per heavy atom. The molecular weight excluding hydrogens is 262 g/mol. The molecule has 1 heterocycles. The van der Waals surface area contributed by atoms with E-state index < -0.39 is 0 Å². The van der Waals surface area contributed by atoms with Gasteiger partial charge in [-0.25, -0.2) is 0 Å². The van der Waals surface area contributed by atoms with Gasteiger partial charge in [-0.1, -0.05) is 24.3 Å². The number of carbonyl (C=O) groups is 1. The first kappa shape index (κ1) is 15.2. The molecule has 110 valence electrons. The third kappa shape index (κ3) is 4.13. The minimum atomic E-state index is -0.0662. The van der Waals surface area contributed by atoms with Crippen molar-refractivity contribution in [1.82, 2.24) is 15.6 Å². The predicted molar refractivity (Wildman–Crippen MR) is 84.2 cm³/mol. The minimum absolute atomic E-state index is 0.0435. The predicted octanol–water partition coefficient (Wildman–Crippen LogP) is 2.33. The maximum absolute atomic E-state index is 12.5. The summed E-state index contributed by atoms with van der Waals surface area (Å²) < 4.78 is 0. The molecule has 1 amide bonds. The van der Waals surface area contributed by atoms with Crippen molar-refractivity contribution in [2.24, 2.45) is 0 Å². The molecule has 0 aliphatic heterocycles. The normalized spacial score (nSPS) is 11.9. The number of benzene rings is 1. The van der Waals surface area contributed by atoms with Gasteiger partial charge in [-0.3, -0.25) is 9.78 Å². The molecule has 4 nitrogen and oxygen atoms in total. The van der Waals surface area contributed by atoms with E-state index in [9.17, 15) is 4.79 Å². The molecule has 0 fully saturated rings. The van der Waals surface area contributed by atoms with Gasteiger partial charge in [0, 0.05) is 18.0 Å². The van der Waals surface area contributed by atoms with Crippen LogP contribution in [0, 0.1) is 0 Å². The summed E-state index contributed by atoms with van der Waals surface area (Å²) >= 11 is 0. The maximum atomic E-state index is 12.5. The largest absolute Gasteiger partial charge is 0.345 e. The van der Waals surface area contributed by atoms with E-state index in [0.29, 0.717) is 0 Å². The van der Waals surface area contributed by atoms with Crippen LogP contribution in [0.2, 0.25) is 0 Å². The molecule has 0 aliphatic rings. The highest BCUT2D eigenvalue weighted by molar-refractivity contribution is 5.95. The zero-order valence-electron chi connectivity index (χ0n) is 12.5. The van der Waals surface area contributed by atoms with Gasteiger partial charge in [-0.2, -0.15) is 0 Å². The second kappa shape index (κ2) is 7.55. The molecule has 0 saturated carbocycles. The Morgan fingerprint density at radius 3 is 2.76 bits per heavy atom. The number of nitrogens with one attached hydrogen (secondary N) is 2. The maximum Gasteiger partial charge on any atom is 0.252 e. The Morgan fingerprint density at radius 1 is 1.24 bits per heavy atom. The van der Waals surface area contributed by atoms with E-state index in [1.165, 1.54) is 0 Å². The van der Waals surface area contributed by atoms with Crippen molar-refractivity contribution >= 4 is 5.91 Å². The summed E-state index contributed by atoms with van der Waals surface area (Å²) in [4.78, 5) is 16.5. The summed E-state index contributed by atoms with van der Waals surface area (Å²) in [6.07, 6.45) is 4.34. The van der Waals surface area contributed by atoms with E-state index >= 15 is 0 Å². The highest BCUT2D eigenvalue weighted by Gasteiger charge is 2.14. The lowest BCUT2D eigenvalue weighted by molar-refractivity contribution is 0.0939. The molecule has 0 spiro atoms. The molecule has 0 bridgehead atoms. The molecule has 2 aromatic rings. The minimum Gasteiger partial charge on any atom is -0.345 e. The second-order valence-electron chi connectivity index (χ2n) is 4.99. The summed E-state index contributed by atoms with van der Waals surface area (Å²) in [6.45, 7) is 2.81. The van der Waals surface area contributed by atoms with Crippen molar-refractivity contribution in [2.45, 2.75) is 19.4 Å². The molecule has 1 aromatic heterocycles. The number of hydrogen-bond acceptors (Lipinski definition) is 3. The van der Waals surface area contributed by atoms with Crippen LogP contribution in [0.25, 0.3) is 0 Å². The van der Waals surface area contributed by atoms with Crippen LogP contribution in [0.5, 0.6) is 0 Å². The van der Waals surface area contributed by atoms with E-state index in [4.69, 9.17) is 0 Å². The summed E-state index contributed by atoms with van der Waals surface area (Å²) in [5.41, 5.74) is 2.80. The Bertz CT molecular complexity index is 584. The molecule has 0 aliphatic carbocycles. The summed E-state index contributed by atoms with van der Waals surface area (Å²) in [6, 6.07) is 11.5. The molecule has 2 rings (SSSR count). The number of aromatic nitrogens is 1. The number of carbonyl (C=O) groups excluding carboxylic acids is 1. The quantitative estimate of drug-likeness (QED) is 0.855. The first-order chi connectivity index (χ1) is 10.2. The summed E-state index contributed by atoms with van der Waals surface area (Å²) in [7, 11) is 1.91. The van der Waals surface area contributed by atoms with Crippen molar-refractivity contribution < 1.29 is 4.79 Å². The van der Waals surface area contributed by atoms with Crippen molar-refractivity contribution in [3.05, 3.63) is 65.5 Å². The second-order valence-corrected chi connectivity index (χ2v) is 4.99. The molecule has 4 heteroatoms. The van der Waals surface area contributed by atoms with E-state index in [2.05, 4.69) is 15.6 Å². The van der Waals surface area contributed by atoms with Crippen LogP contribution in [-0.4, -0.2) is 24.5 Å². The highest BCUT2D eigenvalue weighted by atomic mass is 16.1. The number of nitrogens with zero attached hydrogens (tertiary/aromatic N) is 1. The first-order valence-electron chi connectivity index (χ1n) is 7.15. The molecule has 1 atom stereocenters. The van der Waals surface area contributed by atoms with Crippen LogP contribution in [0.1, 0.15) is 34.5 Å². The zero-order valence-corrected chi connectivity index (χ0v) is 12.5. The van der Waals surface area contributed by atoms with Crippen LogP contribution >= 0.6 is 0 Å². The van der Waals surface area contributed by atoms with Crippen LogP contribution in [0.15, 0.2) is 48.8 Å². The molecule has 1 aromatic carbocycles. The topological polar surface area (TPSA) is 54.0 Å². The molecule has 0 saturated heterocycles. The summed E-state index contributed by atoms with van der Waals surface area (Å²) in [5, 5.41) is 6.14. The molecule has 2 N–H and O–H groups in total.